The molecule has 1 aliphatic rings. The van der Waals surface area contributed by atoms with E-state index in [-0.39, 0.29) is 17.4 Å². The fourth-order valence-electron chi connectivity index (χ4n) is 5.22. The van der Waals surface area contributed by atoms with Crippen molar-refractivity contribution in [3.8, 4) is 11.3 Å². The van der Waals surface area contributed by atoms with Crippen LogP contribution < -0.4 is 5.32 Å². The minimum absolute atomic E-state index is 0.00175. The van der Waals surface area contributed by atoms with Crippen LogP contribution in [0.3, 0.4) is 0 Å². The van der Waals surface area contributed by atoms with Crippen LogP contribution in [0.2, 0.25) is 5.02 Å². The molecule has 200 valence electrons. The van der Waals surface area contributed by atoms with E-state index in [1.165, 1.54) is 11.1 Å². The van der Waals surface area contributed by atoms with Crippen molar-refractivity contribution in [3.05, 3.63) is 125 Å². The zero-order chi connectivity index (χ0) is 27.4. The predicted molar refractivity (Wildman–Crippen MR) is 159 cm³/mol. The first-order chi connectivity index (χ1) is 18.8. The Morgan fingerprint density at radius 1 is 1.03 bits per heavy atom. The predicted octanol–water partition coefficient (Wildman–Crippen LogP) is 7.01. The molecule has 39 heavy (non-hydrogen) atoms. The van der Waals surface area contributed by atoms with Crippen molar-refractivity contribution in [2.24, 2.45) is 5.41 Å². The van der Waals surface area contributed by atoms with E-state index in [4.69, 9.17) is 16.6 Å². The fourth-order valence-corrected chi connectivity index (χ4v) is 5.41. The zero-order valence-electron chi connectivity index (χ0n) is 22.8. The van der Waals surface area contributed by atoms with Crippen molar-refractivity contribution in [2.75, 3.05) is 19.6 Å². The Kier molecular flexibility index (Phi) is 8.01. The summed E-state index contributed by atoms with van der Waals surface area (Å²) < 4.78 is 2.20. The molecule has 1 atom stereocenters. The van der Waals surface area contributed by atoms with E-state index in [2.05, 4.69) is 67.2 Å². The zero-order valence-corrected chi connectivity index (χ0v) is 23.5. The van der Waals surface area contributed by atoms with Gasteiger partial charge in [0.25, 0.3) is 5.91 Å². The molecule has 1 aromatic heterocycles. The number of imidazole rings is 1. The summed E-state index contributed by atoms with van der Waals surface area (Å²) in [4.78, 5) is 21.5. The Morgan fingerprint density at radius 2 is 1.74 bits per heavy atom. The van der Waals surface area contributed by atoms with Gasteiger partial charge in [-0.1, -0.05) is 99.1 Å². The lowest BCUT2D eigenvalue weighted by molar-refractivity contribution is 0.0515. The van der Waals surface area contributed by atoms with Gasteiger partial charge in [0.1, 0.15) is 5.82 Å². The third-order valence-electron chi connectivity index (χ3n) is 7.04. The molecule has 4 aromatic rings. The number of rotatable bonds is 8. The van der Waals surface area contributed by atoms with Gasteiger partial charge in [0.2, 0.25) is 0 Å². The second-order valence-electron chi connectivity index (χ2n) is 11.2. The van der Waals surface area contributed by atoms with Gasteiger partial charge >= 0.3 is 0 Å². The number of carbonyl (C=O) groups is 1. The topological polar surface area (TPSA) is 50.2 Å². The highest BCUT2D eigenvalue weighted by atomic mass is 35.5. The number of nitrogens with zero attached hydrogens (tertiary/aromatic N) is 3. The smallest absolute Gasteiger partial charge is 0.254 e. The first-order valence-corrected chi connectivity index (χ1v) is 13.8. The minimum atomic E-state index is -0.303. The fraction of sp³-hybridized carbons (Fsp3) is 0.273. The third-order valence-corrected chi connectivity index (χ3v) is 7.28. The molecule has 0 aliphatic carbocycles. The van der Waals surface area contributed by atoms with Gasteiger partial charge in [0, 0.05) is 48.5 Å². The Hall–Kier alpha value is -3.67. The monoisotopic (exact) mass is 538 g/mol. The van der Waals surface area contributed by atoms with Crippen LogP contribution in [-0.2, 0) is 6.54 Å². The Bertz CT molecular complexity index is 1450. The number of carbonyl (C=O) groups excluding carboxylic acids is 1. The maximum Gasteiger partial charge on any atom is 0.254 e. The van der Waals surface area contributed by atoms with Crippen molar-refractivity contribution in [3.63, 3.8) is 0 Å². The largest absolute Gasteiger partial charge is 0.328 e. The highest BCUT2D eigenvalue weighted by molar-refractivity contribution is 6.30. The number of hydrogen-bond donors (Lipinski definition) is 1. The van der Waals surface area contributed by atoms with Gasteiger partial charge in [0.15, 0.2) is 0 Å². The van der Waals surface area contributed by atoms with E-state index >= 15 is 0 Å². The van der Waals surface area contributed by atoms with E-state index in [0.29, 0.717) is 23.7 Å². The van der Waals surface area contributed by atoms with E-state index in [0.717, 1.165) is 30.2 Å². The molecule has 1 N–H and O–H groups in total. The van der Waals surface area contributed by atoms with Gasteiger partial charge in [-0.2, -0.15) is 0 Å². The van der Waals surface area contributed by atoms with Crippen molar-refractivity contribution >= 4 is 17.5 Å². The van der Waals surface area contributed by atoms with Crippen LogP contribution in [0.25, 0.3) is 11.3 Å². The van der Waals surface area contributed by atoms with Crippen LogP contribution in [0.5, 0.6) is 0 Å². The van der Waals surface area contributed by atoms with E-state index in [9.17, 15) is 4.79 Å². The second-order valence-corrected chi connectivity index (χ2v) is 11.6. The highest BCUT2D eigenvalue weighted by Gasteiger charge is 2.39. The standard InChI is InChI=1S/C33H35ClN4O/c1-33(2,3)30(38(22-25-17-18-35-20-25)32(39)26-13-8-5-9-14-26)31-36-29(27-15-10-16-28(34)19-27)23-37(31)21-24-11-6-4-7-12-24/h4-17,19,23,30,35H,18,20-22H2,1-3H3/t30-/m0/s1. The molecular weight excluding hydrogens is 504 g/mol. The second kappa shape index (κ2) is 11.6. The maximum absolute atomic E-state index is 14.2. The average Bonchev–Trinajstić information content (AvgIpc) is 3.59. The molecule has 3 aromatic carbocycles. The molecule has 5 nitrogen and oxygen atoms in total. The Balaban J connectivity index is 1.66. The van der Waals surface area contributed by atoms with Gasteiger partial charge in [-0.05, 0) is 40.8 Å². The molecule has 0 saturated carbocycles. The lowest BCUT2D eigenvalue weighted by Crippen LogP contribution is -2.44. The number of aromatic nitrogens is 2. The van der Waals surface area contributed by atoms with E-state index in [1.54, 1.807) is 0 Å². The quantitative estimate of drug-likeness (QED) is 0.245. The lowest BCUT2D eigenvalue weighted by Gasteiger charge is -2.40. The van der Waals surface area contributed by atoms with Crippen LogP contribution in [0.1, 0.15) is 48.6 Å². The third kappa shape index (κ3) is 6.32. The number of benzene rings is 3. The highest BCUT2D eigenvalue weighted by Crippen LogP contribution is 2.40. The molecule has 1 aliphatic heterocycles. The molecule has 0 radical (unpaired) electrons. The summed E-state index contributed by atoms with van der Waals surface area (Å²) in [6.45, 7) is 9.34. The molecule has 0 saturated heterocycles. The summed E-state index contributed by atoms with van der Waals surface area (Å²) in [5, 5.41) is 4.05. The van der Waals surface area contributed by atoms with Gasteiger partial charge < -0.3 is 14.8 Å². The normalized spacial score (nSPS) is 14.2. The average molecular weight is 539 g/mol. The molecule has 0 fully saturated rings. The maximum atomic E-state index is 14.2. The first-order valence-electron chi connectivity index (χ1n) is 13.4. The number of amides is 1. The SMILES string of the molecule is CC(C)(C)[C@H](c1nc(-c2cccc(Cl)c2)cn1Cc1ccccc1)N(CC1=CCNC1)C(=O)c1ccccc1. The minimum Gasteiger partial charge on any atom is -0.328 e. The van der Waals surface area contributed by atoms with E-state index in [1.807, 2.05) is 65.6 Å². The van der Waals surface area contributed by atoms with Crippen molar-refractivity contribution in [1.82, 2.24) is 19.8 Å². The Labute approximate surface area is 236 Å². The summed E-state index contributed by atoms with van der Waals surface area (Å²) in [5.74, 6) is 0.860. The molecule has 1 amide bonds. The van der Waals surface area contributed by atoms with Crippen LogP contribution in [-0.4, -0.2) is 40.0 Å². The van der Waals surface area contributed by atoms with Crippen LogP contribution in [0, 0.1) is 5.41 Å². The van der Waals surface area contributed by atoms with Gasteiger partial charge in [-0.25, -0.2) is 4.98 Å². The summed E-state index contributed by atoms with van der Waals surface area (Å²) in [6.07, 6.45) is 4.28. The van der Waals surface area contributed by atoms with Crippen molar-refractivity contribution in [1.29, 1.82) is 0 Å². The van der Waals surface area contributed by atoms with E-state index < -0.39 is 0 Å². The van der Waals surface area contributed by atoms with Gasteiger partial charge in [0.05, 0.1) is 11.7 Å². The molecule has 0 unspecified atom stereocenters. The summed E-state index contributed by atoms with van der Waals surface area (Å²) in [5.41, 5.74) is 4.55. The molecule has 2 heterocycles. The van der Waals surface area contributed by atoms with Crippen LogP contribution in [0.4, 0.5) is 0 Å². The van der Waals surface area contributed by atoms with Crippen LogP contribution >= 0.6 is 11.6 Å². The lowest BCUT2D eigenvalue weighted by atomic mass is 9.84. The van der Waals surface area contributed by atoms with Gasteiger partial charge in [-0.3, -0.25) is 4.79 Å². The molecular formula is C33H35ClN4O. The number of hydrogen-bond acceptors (Lipinski definition) is 3. The van der Waals surface area contributed by atoms with Crippen LogP contribution in [0.15, 0.2) is 103 Å². The summed E-state index contributed by atoms with van der Waals surface area (Å²) in [6, 6.07) is 27.4. The number of nitrogens with one attached hydrogen (secondary N) is 1. The van der Waals surface area contributed by atoms with Crippen molar-refractivity contribution < 1.29 is 4.79 Å². The first kappa shape index (κ1) is 26.9. The number of halogens is 1. The van der Waals surface area contributed by atoms with Gasteiger partial charge in [-0.15, -0.1) is 0 Å². The van der Waals surface area contributed by atoms with Crippen molar-refractivity contribution in [2.45, 2.75) is 33.4 Å². The summed E-state index contributed by atoms with van der Waals surface area (Å²) >= 11 is 6.36. The summed E-state index contributed by atoms with van der Waals surface area (Å²) in [7, 11) is 0. The molecule has 0 spiro atoms. The molecule has 6 heteroatoms. The molecule has 0 bridgehead atoms. The Morgan fingerprint density at radius 3 is 2.38 bits per heavy atom. The molecule has 5 rings (SSSR count).